The van der Waals surface area contributed by atoms with Gasteiger partial charge in [-0.05, 0) is 30.7 Å². The van der Waals surface area contributed by atoms with Gasteiger partial charge in [-0.1, -0.05) is 24.3 Å². The van der Waals surface area contributed by atoms with E-state index in [9.17, 15) is 9.50 Å². The lowest BCUT2D eigenvalue weighted by Crippen LogP contribution is -2.01. The summed E-state index contributed by atoms with van der Waals surface area (Å²) >= 11 is 0. The Balaban J connectivity index is 2.14. The molecule has 102 valence electrons. The highest BCUT2D eigenvalue weighted by Crippen LogP contribution is 2.23. The van der Waals surface area contributed by atoms with Crippen LogP contribution >= 0.6 is 0 Å². The molecule has 0 saturated carbocycles. The standard InChI is InChI=1S/C16H14FNO2/c1-11(19)12-6-7-16(15(17)8-12)20-10-14-5-3-2-4-13(14)9-18/h2-8,11,19H,10H2,1H3. The van der Waals surface area contributed by atoms with Gasteiger partial charge >= 0.3 is 0 Å². The van der Waals surface area contributed by atoms with E-state index < -0.39 is 11.9 Å². The highest BCUT2D eigenvalue weighted by Gasteiger charge is 2.09. The van der Waals surface area contributed by atoms with Crippen molar-refractivity contribution in [3.8, 4) is 11.8 Å². The van der Waals surface area contributed by atoms with Gasteiger partial charge < -0.3 is 9.84 Å². The van der Waals surface area contributed by atoms with E-state index in [1.165, 1.54) is 12.1 Å². The van der Waals surface area contributed by atoms with Crippen LogP contribution in [0.2, 0.25) is 0 Å². The second kappa shape index (κ2) is 6.18. The summed E-state index contributed by atoms with van der Waals surface area (Å²) in [7, 11) is 0. The molecule has 0 heterocycles. The third-order valence-electron chi connectivity index (χ3n) is 2.96. The van der Waals surface area contributed by atoms with E-state index in [1.807, 2.05) is 0 Å². The van der Waals surface area contributed by atoms with Crippen LogP contribution in [0.4, 0.5) is 4.39 Å². The smallest absolute Gasteiger partial charge is 0.165 e. The summed E-state index contributed by atoms with van der Waals surface area (Å²) in [6.07, 6.45) is -0.724. The molecule has 20 heavy (non-hydrogen) atoms. The quantitative estimate of drug-likeness (QED) is 0.928. The first-order chi connectivity index (χ1) is 9.61. The third-order valence-corrected chi connectivity index (χ3v) is 2.96. The van der Waals surface area contributed by atoms with Crippen molar-refractivity contribution in [3.63, 3.8) is 0 Å². The number of aliphatic hydroxyl groups is 1. The molecule has 0 radical (unpaired) electrons. The molecule has 2 aromatic carbocycles. The summed E-state index contributed by atoms with van der Waals surface area (Å²) in [4.78, 5) is 0. The predicted molar refractivity (Wildman–Crippen MR) is 72.5 cm³/mol. The number of nitrogens with zero attached hydrogens (tertiary/aromatic N) is 1. The number of rotatable bonds is 4. The zero-order valence-corrected chi connectivity index (χ0v) is 11.0. The third kappa shape index (κ3) is 3.14. The maximum atomic E-state index is 13.8. The van der Waals surface area contributed by atoms with Gasteiger partial charge in [0.2, 0.25) is 0 Å². The molecule has 0 saturated heterocycles. The molecular weight excluding hydrogens is 257 g/mol. The van der Waals surface area contributed by atoms with Gasteiger partial charge in [-0.25, -0.2) is 4.39 Å². The lowest BCUT2D eigenvalue weighted by Gasteiger charge is -2.10. The zero-order valence-electron chi connectivity index (χ0n) is 11.0. The zero-order chi connectivity index (χ0) is 14.5. The van der Waals surface area contributed by atoms with Gasteiger partial charge in [-0.2, -0.15) is 5.26 Å². The first kappa shape index (κ1) is 14.0. The Morgan fingerprint density at radius 3 is 2.70 bits per heavy atom. The van der Waals surface area contributed by atoms with Crippen LogP contribution in [0.1, 0.15) is 29.7 Å². The van der Waals surface area contributed by atoms with Crippen LogP contribution in [0.3, 0.4) is 0 Å². The Bertz CT molecular complexity index is 647. The molecule has 0 spiro atoms. The lowest BCUT2D eigenvalue weighted by molar-refractivity contribution is 0.198. The summed E-state index contributed by atoms with van der Waals surface area (Å²) < 4.78 is 19.2. The van der Waals surface area contributed by atoms with E-state index in [0.717, 1.165) is 0 Å². The van der Waals surface area contributed by atoms with Crippen LogP contribution in [0, 0.1) is 17.1 Å². The maximum Gasteiger partial charge on any atom is 0.165 e. The number of benzene rings is 2. The molecule has 0 aliphatic heterocycles. The Kier molecular flexibility index (Phi) is 4.34. The molecule has 2 aromatic rings. The SMILES string of the molecule is CC(O)c1ccc(OCc2ccccc2C#N)c(F)c1. The number of ether oxygens (including phenoxy) is 1. The average molecular weight is 271 g/mol. The lowest BCUT2D eigenvalue weighted by atomic mass is 10.1. The molecule has 1 unspecified atom stereocenters. The van der Waals surface area contributed by atoms with Gasteiger partial charge in [0.25, 0.3) is 0 Å². The Hall–Kier alpha value is -2.38. The van der Waals surface area contributed by atoms with E-state index in [-0.39, 0.29) is 12.4 Å². The summed E-state index contributed by atoms with van der Waals surface area (Å²) in [5.41, 5.74) is 1.70. The minimum Gasteiger partial charge on any atom is -0.486 e. The molecule has 3 nitrogen and oxygen atoms in total. The normalized spacial score (nSPS) is 11.7. The molecular formula is C16H14FNO2. The van der Waals surface area contributed by atoms with Crippen LogP contribution in [0.25, 0.3) is 0 Å². The molecule has 0 aliphatic carbocycles. The number of hydrogen-bond acceptors (Lipinski definition) is 3. The van der Waals surface area contributed by atoms with Crippen LogP contribution in [-0.4, -0.2) is 5.11 Å². The van der Waals surface area contributed by atoms with Gasteiger partial charge in [0, 0.05) is 5.56 Å². The first-order valence-corrected chi connectivity index (χ1v) is 6.20. The Morgan fingerprint density at radius 1 is 1.30 bits per heavy atom. The van der Waals surface area contributed by atoms with Crippen LogP contribution in [0.5, 0.6) is 5.75 Å². The van der Waals surface area contributed by atoms with E-state index in [0.29, 0.717) is 16.7 Å². The van der Waals surface area contributed by atoms with E-state index in [1.54, 1.807) is 37.3 Å². The van der Waals surface area contributed by atoms with Gasteiger partial charge in [-0.3, -0.25) is 0 Å². The number of nitriles is 1. The van der Waals surface area contributed by atoms with E-state index >= 15 is 0 Å². The second-order valence-corrected chi connectivity index (χ2v) is 4.42. The topological polar surface area (TPSA) is 53.2 Å². The van der Waals surface area contributed by atoms with E-state index in [4.69, 9.17) is 10.00 Å². The number of hydrogen-bond donors (Lipinski definition) is 1. The summed E-state index contributed by atoms with van der Waals surface area (Å²) in [6.45, 7) is 1.69. The van der Waals surface area contributed by atoms with Crippen molar-refractivity contribution in [2.45, 2.75) is 19.6 Å². The van der Waals surface area contributed by atoms with Crippen molar-refractivity contribution in [1.82, 2.24) is 0 Å². The summed E-state index contributed by atoms with van der Waals surface area (Å²) in [6, 6.07) is 13.4. The number of aliphatic hydroxyl groups excluding tert-OH is 1. The average Bonchev–Trinajstić information content (AvgIpc) is 2.46. The minimum absolute atomic E-state index is 0.0992. The Labute approximate surface area is 116 Å². The molecule has 0 aliphatic rings. The van der Waals surface area contributed by atoms with Crippen LogP contribution in [-0.2, 0) is 6.61 Å². The molecule has 2 rings (SSSR count). The highest BCUT2D eigenvalue weighted by molar-refractivity contribution is 5.37. The molecule has 0 aromatic heterocycles. The van der Waals surface area contributed by atoms with Crippen molar-refractivity contribution in [3.05, 3.63) is 65.0 Å². The van der Waals surface area contributed by atoms with Crippen molar-refractivity contribution in [2.75, 3.05) is 0 Å². The summed E-state index contributed by atoms with van der Waals surface area (Å²) in [5, 5.41) is 18.3. The molecule has 0 bridgehead atoms. The fourth-order valence-corrected chi connectivity index (χ4v) is 1.80. The van der Waals surface area contributed by atoms with Crippen LogP contribution < -0.4 is 4.74 Å². The van der Waals surface area contributed by atoms with Crippen molar-refractivity contribution < 1.29 is 14.2 Å². The van der Waals surface area contributed by atoms with E-state index in [2.05, 4.69) is 6.07 Å². The molecule has 1 N–H and O–H groups in total. The highest BCUT2D eigenvalue weighted by atomic mass is 19.1. The monoisotopic (exact) mass is 271 g/mol. The molecule has 4 heteroatoms. The first-order valence-electron chi connectivity index (χ1n) is 6.20. The minimum atomic E-state index is -0.724. The second-order valence-electron chi connectivity index (χ2n) is 4.42. The predicted octanol–water partition coefficient (Wildman–Crippen LogP) is 3.33. The van der Waals surface area contributed by atoms with Crippen molar-refractivity contribution >= 4 is 0 Å². The molecule has 0 fully saturated rings. The largest absolute Gasteiger partial charge is 0.486 e. The van der Waals surface area contributed by atoms with Crippen molar-refractivity contribution in [2.24, 2.45) is 0 Å². The van der Waals surface area contributed by atoms with Gasteiger partial charge in [0.15, 0.2) is 11.6 Å². The van der Waals surface area contributed by atoms with Crippen LogP contribution in [0.15, 0.2) is 42.5 Å². The maximum absolute atomic E-state index is 13.8. The Morgan fingerprint density at radius 2 is 2.05 bits per heavy atom. The molecule has 0 amide bonds. The number of halogens is 1. The molecule has 1 atom stereocenters. The van der Waals surface area contributed by atoms with Gasteiger partial charge in [-0.15, -0.1) is 0 Å². The fourth-order valence-electron chi connectivity index (χ4n) is 1.80. The fraction of sp³-hybridized carbons (Fsp3) is 0.188. The van der Waals surface area contributed by atoms with Gasteiger partial charge in [0.05, 0.1) is 17.7 Å². The summed E-state index contributed by atoms with van der Waals surface area (Å²) in [5.74, 6) is -0.431. The van der Waals surface area contributed by atoms with Crippen molar-refractivity contribution in [1.29, 1.82) is 5.26 Å². The van der Waals surface area contributed by atoms with Gasteiger partial charge in [0.1, 0.15) is 6.61 Å².